The van der Waals surface area contributed by atoms with Crippen LogP contribution in [0.15, 0.2) is 77.8 Å². The van der Waals surface area contributed by atoms with Crippen LogP contribution in [0.4, 0.5) is 0 Å². The number of rotatable bonds is 13. The molecule has 0 saturated heterocycles. The smallest absolute Gasteiger partial charge is 0.207 e. The van der Waals surface area contributed by atoms with Crippen LogP contribution in [-0.2, 0) is 17.9 Å². The first-order valence-electron chi connectivity index (χ1n) is 10.5. The van der Waals surface area contributed by atoms with E-state index in [0.717, 1.165) is 26.7 Å². The maximum Gasteiger partial charge on any atom is 0.207 e. The highest BCUT2D eigenvalue weighted by Gasteiger charge is 2.13. The van der Waals surface area contributed by atoms with Gasteiger partial charge < -0.3 is 20.1 Å². The molecule has 0 aliphatic carbocycles. The van der Waals surface area contributed by atoms with Crippen molar-refractivity contribution in [2.24, 2.45) is 0 Å². The average Bonchev–Trinajstić information content (AvgIpc) is 2.84. The fourth-order valence-electron chi connectivity index (χ4n) is 3.24. The van der Waals surface area contributed by atoms with Crippen molar-refractivity contribution in [2.75, 3.05) is 19.7 Å². The number of benzene rings is 3. The van der Waals surface area contributed by atoms with Gasteiger partial charge >= 0.3 is 0 Å². The van der Waals surface area contributed by atoms with Gasteiger partial charge in [0.15, 0.2) is 0 Å². The Bertz CT molecular complexity index is 1080. The SMILES string of the molecule is C=CCOc1cc(OCc2cccc(-c3ccccc3)c2Br)c(Cl)cc1CNCCNC=O. The molecular formula is C26H26BrClN2O3. The van der Waals surface area contributed by atoms with Gasteiger partial charge in [-0.1, -0.05) is 72.8 Å². The summed E-state index contributed by atoms with van der Waals surface area (Å²) in [6.45, 7) is 6.13. The highest BCUT2D eigenvalue weighted by molar-refractivity contribution is 9.10. The van der Waals surface area contributed by atoms with E-state index in [0.29, 0.717) is 55.8 Å². The fraction of sp³-hybridized carbons (Fsp3) is 0.192. The van der Waals surface area contributed by atoms with E-state index >= 15 is 0 Å². The number of nitrogens with one attached hydrogen (secondary N) is 2. The van der Waals surface area contributed by atoms with E-state index in [2.05, 4.69) is 51.3 Å². The lowest BCUT2D eigenvalue weighted by molar-refractivity contribution is -0.109. The van der Waals surface area contributed by atoms with Gasteiger partial charge in [-0.05, 0) is 33.1 Å². The Morgan fingerprint density at radius 1 is 0.970 bits per heavy atom. The molecule has 0 atom stereocenters. The second-order valence-electron chi connectivity index (χ2n) is 7.17. The number of amides is 1. The Labute approximate surface area is 207 Å². The fourth-order valence-corrected chi connectivity index (χ4v) is 4.09. The summed E-state index contributed by atoms with van der Waals surface area (Å²) in [6.07, 6.45) is 2.36. The summed E-state index contributed by atoms with van der Waals surface area (Å²) in [7, 11) is 0. The molecule has 3 rings (SSSR count). The molecule has 2 N–H and O–H groups in total. The number of carbonyl (C=O) groups is 1. The number of halogens is 2. The highest BCUT2D eigenvalue weighted by Crippen LogP contribution is 2.35. The van der Waals surface area contributed by atoms with Crippen molar-refractivity contribution in [3.05, 3.63) is 93.9 Å². The topological polar surface area (TPSA) is 59.6 Å². The van der Waals surface area contributed by atoms with E-state index in [1.54, 1.807) is 6.08 Å². The largest absolute Gasteiger partial charge is 0.489 e. The summed E-state index contributed by atoms with van der Waals surface area (Å²) in [6, 6.07) is 19.9. The zero-order valence-corrected chi connectivity index (χ0v) is 20.5. The monoisotopic (exact) mass is 528 g/mol. The van der Waals surface area contributed by atoms with Crippen LogP contribution in [-0.4, -0.2) is 26.1 Å². The zero-order chi connectivity index (χ0) is 23.5. The van der Waals surface area contributed by atoms with Crippen molar-refractivity contribution >= 4 is 33.9 Å². The van der Waals surface area contributed by atoms with Crippen LogP contribution in [0.3, 0.4) is 0 Å². The normalized spacial score (nSPS) is 10.5. The Hall–Kier alpha value is -2.80. The second kappa shape index (κ2) is 13.0. The van der Waals surface area contributed by atoms with Crippen LogP contribution in [0.25, 0.3) is 11.1 Å². The van der Waals surface area contributed by atoms with E-state index in [4.69, 9.17) is 21.1 Å². The van der Waals surface area contributed by atoms with Crippen LogP contribution >= 0.6 is 27.5 Å². The average molecular weight is 530 g/mol. The van der Waals surface area contributed by atoms with E-state index in [1.807, 2.05) is 42.5 Å². The van der Waals surface area contributed by atoms with Crippen LogP contribution < -0.4 is 20.1 Å². The van der Waals surface area contributed by atoms with E-state index in [9.17, 15) is 4.79 Å². The van der Waals surface area contributed by atoms with Gasteiger partial charge in [-0.3, -0.25) is 4.79 Å². The first-order chi connectivity index (χ1) is 16.1. The Balaban J connectivity index is 1.75. The highest BCUT2D eigenvalue weighted by atomic mass is 79.9. The van der Waals surface area contributed by atoms with Gasteiger partial charge in [-0.2, -0.15) is 0 Å². The van der Waals surface area contributed by atoms with E-state index in [1.165, 1.54) is 0 Å². The number of ether oxygens (including phenoxy) is 2. The van der Waals surface area contributed by atoms with Crippen molar-refractivity contribution < 1.29 is 14.3 Å². The molecule has 0 aromatic heterocycles. The molecule has 0 fully saturated rings. The second-order valence-corrected chi connectivity index (χ2v) is 8.37. The number of hydrogen-bond donors (Lipinski definition) is 2. The van der Waals surface area contributed by atoms with Crippen molar-refractivity contribution in [3.63, 3.8) is 0 Å². The molecule has 3 aromatic carbocycles. The van der Waals surface area contributed by atoms with Crippen LogP contribution in [0, 0.1) is 0 Å². The first-order valence-corrected chi connectivity index (χ1v) is 11.7. The van der Waals surface area contributed by atoms with Crippen molar-refractivity contribution in [1.29, 1.82) is 0 Å². The predicted octanol–water partition coefficient (Wildman–Crippen LogP) is 5.75. The summed E-state index contributed by atoms with van der Waals surface area (Å²) in [4.78, 5) is 10.4. The van der Waals surface area contributed by atoms with Gasteiger partial charge in [0.25, 0.3) is 0 Å². The predicted molar refractivity (Wildman–Crippen MR) is 137 cm³/mol. The lowest BCUT2D eigenvalue weighted by atomic mass is 10.0. The minimum atomic E-state index is 0.344. The number of hydrogen-bond acceptors (Lipinski definition) is 4. The molecule has 172 valence electrons. The molecule has 0 bridgehead atoms. The third-order valence-corrected chi connectivity index (χ3v) is 6.10. The van der Waals surface area contributed by atoms with Gasteiger partial charge in [-0.25, -0.2) is 0 Å². The summed E-state index contributed by atoms with van der Waals surface area (Å²) in [5, 5.41) is 6.37. The molecule has 0 unspecified atom stereocenters. The van der Waals surface area contributed by atoms with Gasteiger partial charge in [-0.15, -0.1) is 0 Å². The summed E-state index contributed by atoms with van der Waals surface area (Å²) < 4.78 is 12.9. The Morgan fingerprint density at radius 3 is 2.55 bits per heavy atom. The van der Waals surface area contributed by atoms with Crippen LogP contribution in [0.2, 0.25) is 5.02 Å². The molecule has 0 heterocycles. The molecule has 33 heavy (non-hydrogen) atoms. The first kappa shape index (κ1) is 24.8. The summed E-state index contributed by atoms with van der Waals surface area (Å²) in [5.74, 6) is 1.21. The third kappa shape index (κ3) is 7.09. The quantitative estimate of drug-likeness (QED) is 0.168. The van der Waals surface area contributed by atoms with E-state index < -0.39 is 0 Å². The van der Waals surface area contributed by atoms with Gasteiger partial charge in [0.05, 0.1) is 5.02 Å². The molecular weight excluding hydrogens is 504 g/mol. The van der Waals surface area contributed by atoms with Gasteiger partial charge in [0.1, 0.15) is 24.7 Å². The maximum absolute atomic E-state index is 10.4. The Kier molecular flexibility index (Phi) is 9.81. The molecule has 1 amide bonds. The van der Waals surface area contributed by atoms with Gasteiger partial charge in [0, 0.05) is 41.3 Å². The van der Waals surface area contributed by atoms with Crippen molar-refractivity contribution in [3.8, 4) is 22.6 Å². The van der Waals surface area contributed by atoms with Crippen molar-refractivity contribution in [2.45, 2.75) is 13.2 Å². The standard InChI is InChI=1S/C26H26BrClN2O3/c1-2-13-32-24-15-25(23(28)14-21(24)16-29-11-12-30-18-31)33-17-20-9-6-10-22(26(20)27)19-7-4-3-5-8-19/h2-10,14-15,18,29H,1,11-13,16-17H2,(H,30,31). The lowest BCUT2D eigenvalue weighted by Gasteiger charge is -2.16. The zero-order valence-electron chi connectivity index (χ0n) is 18.2. The molecule has 0 spiro atoms. The van der Waals surface area contributed by atoms with Crippen LogP contribution in [0.1, 0.15) is 11.1 Å². The lowest BCUT2D eigenvalue weighted by Crippen LogP contribution is -2.26. The minimum absolute atomic E-state index is 0.344. The molecule has 0 aliphatic heterocycles. The minimum Gasteiger partial charge on any atom is -0.489 e. The molecule has 0 saturated carbocycles. The molecule has 0 aliphatic rings. The Morgan fingerprint density at radius 2 is 1.79 bits per heavy atom. The van der Waals surface area contributed by atoms with Crippen LogP contribution in [0.5, 0.6) is 11.5 Å². The number of carbonyl (C=O) groups excluding carboxylic acids is 1. The summed E-state index contributed by atoms with van der Waals surface area (Å²) >= 11 is 10.3. The maximum atomic E-state index is 10.4. The van der Waals surface area contributed by atoms with E-state index in [-0.39, 0.29) is 0 Å². The molecule has 0 radical (unpaired) electrons. The third-order valence-electron chi connectivity index (χ3n) is 4.86. The summed E-state index contributed by atoms with van der Waals surface area (Å²) in [5.41, 5.74) is 4.13. The molecule has 5 nitrogen and oxygen atoms in total. The van der Waals surface area contributed by atoms with Crippen molar-refractivity contribution in [1.82, 2.24) is 10.6 Å². The van der Waals surface area contributed by atoms with Gasteiger partial charge in [0.2, 0.25) is 6.41 Å². The molecule has 3 aromatic rings. The molecule has 7 heteroatoms.